The lowest BCUT2D eigenvalue weighted by Gasteiger charge is -2.15. The molecule has 0 spiro atoms. The van der Waals surface area contributed by atoms with Crippen molar-refractivity contribution in [2.75, 3.05) is 13.6 Å². The highest BCUT2D eigenvalue weighted by molar-refractivity contribution is 5.57. The van der Waals surface area contributed by atoms with E-state index in [2.05, 4.69) is 16.9 Å². The Morgan fingerprint density at radius 2 is 2.00 bits per heavy atom. The van der Waals surface area contributed by atoms with Gasteiger partial charge in [-0.25, -0.2) is 9.07 Å². The van der Waals surface area contributed by atoms with Gasteiger partial charge >= 0.3 is 0 Å². The number of halogens is 1. The highest BCUT2D eigenvalue weighted by atomic mass is 19.1. The normalized spacial score (nSPS) is 11.3. The molecule has 5 nitrogen and oxygen atoms in total. The van der Waals surface area contributed by atoms with Crippen LogP contribution in [0, 0.1) is 12.7 Å². The summed E-state index contributed by atoms with van der Waals surface area (Å²) in [5.74, 6) is 1.25. The minimum absolute atomic E-state index is 0.289. The van der Waals surface area contributed by atoms with Crippen molar-refractivity contribution in [1.29, 1.82) is 0 Å². The van der Waals surface area contributed by atoms with Crippen molar-refractivity contribution in [3.8, 4) is 17.1 Å². The average molecular weight is 390 g/mol. The zero-order valence-corrected chi connectivity index (χ0v) is 16.5. The lowest BCUT2D eigenvalue weighted by molar-refractivity contribution is 0.330. The average Bonchev–Trinajstić information content (AvgIpc) is 3.33. The molecule has 148 valence electrons. The molecule has 0 aliphatic rings. The molecule has 0 fully saturated rings. The van der Waals surface area contributed by atoms with Crippen LogP contribution in [-0.2, 0) is 13.0 Å². The van der Waals surface area contributed by atoms with Crippen molar-refractivity contribution >= 4 is 0 Å². The zero-order chi connectivity index (χ0) is 20.2. The fourth-order valence-corrected chi connectivity index (χ4v) is 3.27. The molecule has 0 bridgehead atoms. The number of aryl methyl sites for hydroxylation is 1. The van der Waals surface area contributed by atoms with Crippen LogP contribution in [-0.4, -0.2) is 33.3 Å². The maximum absolute atomic E-state index is 13.7. The second kappa shape index (κ2) is 8.41. The van der Waals surface area contributed by atoms with Crippen molar-refractivity contribution in [1.82, 2.24) is 19.7 Å². The van der Waals surface area contributed by atoms with Gasteiger partial charge in [-0.05, 0) is 56.4 Å². The first-order chi connectivity index (χ1) is 14.1. The summed E-state index contributed by atoms with van der Waals surface area (Å²) < 4.78 is 21.2. The predicted molar refractivity (Wildman–Crippen MR) is 110 cm³/mol. The van der Waals surface area contributed by atoms with Crippen LogP contribution in [0.2, 0.25) is 0 Å². The summed E-state index contributed by atoms with van der Waals surface area (Å²) in [4.78, 5) is 6.61. The molecular formula is C23H23FN4O. The summed E-state index contributed by atoms with van der Waals surface area (Å²) in [6.07, 6.45) is 4.62. The van der Waals surface area contributed by atoms with Crippen molar-refractivity contribution in [3.63, 3.8) is 0 Å². The van der Waals surface area contributed by atoms with Crippen molar-refractivity contribution in [2.45, 2.75) is 19.9 Å². The minimum atomic E-state index is -0.289. The van der Waals surface area contributed by atoms with Gasteiger partial charge in [-0.1, -0.05) is 12.1 Å². The number of hydrogen-bond donors (Lipinski definition) is 0. The maximum atomic E-state index is 13.7. The van der Waals surface area contributed by atoms with Crippen molar-refractivity contribution in [2.24, 2.45) is 0 Å². The third-order valence-corrected chi connectivity index (χ3v) is 4.75. The van der Waals surface area contributed by atoms with Gasteiger partial charge in [0.25, 0.3) is 0 Å². The van der Waals surface area contributed by atoms with Gasteiger partial charge in [0.15, 0.2) is 5.76 Å². The monoisotopic (exact) mass is 390 g/mol. The number of furan rings is 1. The van der Waals surface area contributed by atoms with E-state index in [-0.39, 0.29) is 5.82 Å². The van der Waals surface area contributed by atoms with Crippen LogP contribution in [0.3, 0.4) is 0 Å². The van der Waals surface area contributed by atoms with E-state index in [9.17, 15) is 4.39 Å². The number of aromatic nitrogens is 3. The molecule has 0 saturated heterocycles. The molecule has 0 atom stereocenters. The Morgan fingerprint density at radius 3 is 2.72 bits per heavy atom. The van der Waals surface area contributed by atoms with Gasteiger partial charge in [0.05, 0.1) is 5.69 Å². The molecule has 0 amide bonds. The molecule has 1 aromatic carbocycles. The maximum Gasteiger partial charge on any atom is 0.154 e. The molecule has 0 aliphatic carbocycles. The Bertz CT molecular complexity index is 1090. The van der Waals surface area contributed by atoms with Gasteiger partial charge in [-0.3, -0.25) is 4.98 Å². The van der Waals surface area contributed by atoms with E-state index in [4.69, 9.17) is 9.52 Å². The van der Waals surface area contributed by atoms with E-state index in [0.29, 0.717) is 18.0 Å². The molecular weight excluding hydrogens is 367 g/mol. The first-order valence-corrected chi connectivity index (χ1v) is 9.58. The molecule has 0 N–H and O–H groups in total. The number of nitrogens with zero attached hydrogens (tertiary/aromatic N) is 4. The predicted octanol–water partition coefficient (Wildman–Crippen LogP) is 4.65. The van der Waals surface area contributed by atoms with Crippen molar-refractivity contribution in [3.05, 3.63) is 89.8 Å². The number of pyridine rings is 1. The first-order valence-electron chi connectivity index (χ1n) is 9.58. The number of hydrogen-bond acceptors (Lipinski definition) is 4. The van der Waals surface area contributed by atoms with E-state index in [0.717, 1.165) is 35.7 Å². The number of benzene rings is 1. The van der Waals surface area contributed by atoms with E-state index >= 15 is 0 Å². The van der Waals surface area contributed by atoms with Crippen LogP contribution in [0.5, 0.6) is 0 Å². The molecule has 0 saturated carbocycles. The van der Waals surface area contributed by atoms with Gasteiger partial charge in [0, 0.05) is 43.2 Å². The van der Waals surface area contributed by atoms with Gasteiger partial charge in [0.2, 0.25) is 0 Å². The molecule has 4 rings (SSSR count). The van der Waals surface area contributed by atoms with E-state index in [1.807, 2.05) is 55.7 Å². The lowest BCUT2D eigenvalue weighted by Crippen LogP contribution is -2.21. The van der Waals surface area contributed by atoms with Gasteiger partial charge in [-0.15, -0.1) is 0 Å². The quantitative estimate of drug-likeness (QED) is 0.461. The number of likely N-dealkylation sites (N-methyl/N-ethyl adjacent to an activating group) is 1. The largest absolute Gasteiger partial charge is 0.460 e. The Morgan fingerprint density at radius 1 is 1.10 bits per heavy atom. The minimum Gasteiger partial charge on any atom is -0.460 e. The smallest absolute Gasteiger partial charge is 0.154 e. The summed E-state index contributed by atoms with van der Waals surface area (Å²) in [6, 6.07) is 16.2. The molecule has 3 heterocycles. The molecule has 6 heteroatoms. The fraction of sp³-hybridized carbons (Fsp3) is 0.217. The highest BCUT2D eigenvalue weighted by Crippen LogP contribution is 2.26. The Hall–Kier alpha value is -3.25. The highest BCUT2D eigenvalue weighted by Gasteiger charge is 2.17. The van der Waals surface area contributed by atoms with Gasteiger partial charge < -0.3 is 9.32 Å². The second-order valence-corrected chi connectivity index (χ2v) is 7.15. The first kappa shape index (κ1) is 19.1. The number of rotatable bonds is 7. The third-order valence-electron chi connectivity index (χ3n) is 4.75. The van der Waals surface area contributed by atoms with Crippen LogP contribution in [0.1, 0.15) is 17.0 Å². The Balaban J connectivity index is 1.58. The van der Waals surface area contributed by atoms with E-state index < -0.39 is 0 Å². The van der Waals surface area contributed by atoms with Crippen LogP contribution < -0.4 is 0 Å². The molecule has 3 aromatic heterocycles. The van der Waals surface area contributed by atoms with Gasteiger partial charge in [0.1, 0.15) is 17.3 Å². The summed E-state index contributed by atoms with van der Waals surface area (Å²) in [7, 11) is 2.07. The summed E-state index contributed by atoms with van der Waals surface area (Å²) in [6.45, 7) is 3.46. The molecule has 0 unspecified atom stereocenters. The Labute approximate surface area is 169 Å². The third kappa shape index (κ3) is 4.60. The van der Waals surface area contributed by atoms with Gasteiger partial charge in [-0.2, -0.15) is 5.10 Å². The molecule has 0 radical (unpaired) electrons. The summed E-state index contributed by atoms with van der Waals surface area (Å²) in [5.41, 5.74) is 3.53. The Kier molecular flexibility index (Phi) is 5.53. The van der Waals surface area contributed by atoms with Crippen LogP contribution in [0.4, 0.5) is 4.39 Å². The SMILES string of the molecule is Cc1ccc(-c2nn(-c3cccc(F)c3)cc2CN(C)CCc2ccccn2)o1. The van der Waals surface area contributed by atoms with Crippen LogP contribution >= 0.6 is 0 Å². The van der Waals surface area contributed by atoms with E-state index in [1.54, 1.807) is 10.7 Å². The van der Waals surface area contributed by atoms with Crippen molar-refractivity contribution < 1.29 is 8.81 Å². The second-order valence-electron chi connectivity index (χ2n) is 7.15. The van der Waals surface area contributed by atoms with E-state index in [1.165, 1.54) is 12.1 Å². The molecule has 4 aromatic rings. The molecule has 0 aliphatic heterocycles. The van der Waals surface area contributed by atoms with Crippen LogP contribution in [0.15, 0.2) is 71.4 Å². The fourth-order valence-electron chi connectivity index (χ4n) is 3.27. The lowest BCUT2D eigenvalue weighted by atomic mass is 10.2. The topological polar surface area (TPSA) is 47.1 Å². The summed E-state index contributed by atoms with van der Waals surface area (Å²) >= 11 is 0. The summed E-state index contributed by atoms with van der Waals surface area (Å²) in [5, 5.41) is 4.69. The van der Waals surface area contributed by atoms with Crippen LogP contribution in [0.25, 0.3) is 17.1 Å². The standard InChI is InChI=1S/C23H23FN4O/c1-17-9-10-22(29-17)23-18(15-27(2)13-11-20-7-3-4-12-25-20)16-28(26-23)21-8-5-6-19(24)14-21/h3-10,12,14,16H,11,13,15H2,1-2H3. The zero-order valence-electron chi connectivity index (χ0n) is 16.5. The molecule has 29 heavy (non-hydrogen) atoms.